The minimum absolute atomic E-state index is 0.254. The molecule has 162 valence electrons. The van der Waals surface area contributed by atoms with E-state index in [0.717, 1.165) is 81.5 Å². The highest BCUT2D eigenvalue weighted by atomic mass is 16.3. The lowest BCUT2D eigenvalue weighted by atomic mass is 9.98. The number of carbonyl (C=O) groups excluding carboxylic acids is 1. The van der Waals surface area contributed by atoms with Crippen molar-refractivity contribution in [3.63, 3.8) is 0 Å². The Bertz CT molecular complexity index is 980. The van der Waals surface area contributed by atoms with Gasteiger partial charge in [0.25, 0.3) is 0 Å². The number of nitrogens with zero attached hydrogens (tertiary/aromatic N) is 5. The number of aromatic nitrogens is 2. The maximum atomic E-state index is 12.8. The van der Waals surface area contributed by atoms with Gasteiger partial charge in [-0.15, -0.1) is 0 Å². The number of hydrogen-bond acceptors (Lipinski definition) is 6. The molecule has 7 nitrogen and oxygen atoms in total. The molecule has 1 atom stereocenters. The number of piperidine rings is 1. The molecule has 7 heteroatoms. The van der Waals surface area contributed by atoms with E-state index in [0.29, 0.717) is 12.3 Å². The summed E-state index contributed by atoms with van der Waals surface area (Å²) in [5.41, 5.74) is 1.78. The van der Waals surface area contributed by atoms with E-state index >= 15 is 0 Å². The molecular formula is C24H29N5O2. The molecule has 1 aromatic carbocycles. The average Bonchev–Trinajstić information content (AvgIpc) is 3.28. The molecule has 0 bridgehead atoms. The number of piperazine rings is 1. The van der Waals surface area contributed by atoms with Crippen molar-refractivity contribution in [3.8, 4) is 0 Å². The predicted molar refractivity (Wildman–Crippen MR) is 120 cm³/mol. The van der Waals surface area contributed by atoms with Crippen molar-refractivity contribution in [1.29, 1.82) is 0 Å². The van der Waals surface area contributed by atoms with Gasteiger partial charge in [0.15, 0.2) is 11.5 Å². The fraction of sp³-hybridized carbons (Fsp3) is 0.458. The van der Waals surface area contributed by atoms with Crippen LogP contribution in [0.25, 0.3) is 11.1 Å². The zero-order valence-electron chi connectivity index (χ0n) is 17.8. The van der Waals surface area contributed by atoms with Gasteiger partial charge >= 0.3 is 0 Å². The summed E-state index contributed by atoms with van der Waals surface area (Å²) in [7, 11) is 0. The van der Waals surface area contributed by atoms with Gasteiger partial charge in [0.1, 0.15) is 11.3 Å². The van der Waals surface area contributed by atoms with Gasteiger partial charge in [-0.2, -0.15) is 0 Å². The lowest BCUT2D eigenvalue weighted by molar-refractivity contribution is -0.131. The molecule has 0 spiro atoms. The van der Waals surface area contributed by atoms with Gasteiger partial charge in [-0.25, -0.2) is 9.97 Å². The summed E-state index contributed by atoms with van der Waals surface area (Å²) in [6.07, 6.45) is 4.59. The van der Waals surface area contributed by atoms with Crippen molar-refractivity contribution < 1.29 is 9.21 Å². The number of hydrogen-bond donors (Lipinski definition) is 0. The van der Waals surface area contributed by atoms with Crippen LogP contribution in [0.3, 0.4) is 0 Å². The molecule has 31 heavy (non-hydrogen) atoms. The smallest absolute Gasteiger partial charge is 0.223 e. The van der Waals surface area contributed by atoms with E-state index < -0.39 is 0 Å². The molecule has 0 N–H and O–H groups in total. The third kappa shape index (κ3) is 4.56. The molecule has 0 saturated carbocycles. The number of benzene rings is 1. The highest BCUT2D eigenvalue weighted by molar-refractivity contribution is 5.76. The Hall–Kier alpha value is -2.93. The predicted octanol–water partition coefficient (Wildman–Crippen LogP) is 3.14. The van der Waals surface area contributed by atoms with Gasteiger partial charge in [0.05, 0.1) is 0 Å². The first-order chi connectivity index (χ1) is 15.3. The zero-order valence-corrected chi connectivity index (χ0v) is 17.8. The molecule has 2 saturated heterocycles. The van der Waals surface area contributed by atoms with E-state index in [9.17, 15) is 4.79 Å². The SMILES string of the molecule is O=C(CCN1CCCC(c2nc3ccccc3o2)C1)N1CCN(c2ccccn2)CC1. The monoisotopic (exact) mass is 419 g/mol. The van der Waals surface area contributed by atoms with Gasteiger partial charge < -0.3 is 19.1 Å². The molecule has 1 amide bonds. The number of fused-ring (bicyclic) bond motifs is 1. The number of para-hydroxylation sites is 2. The zero-order chi connectivity index (χ0) is 21.0. The summed E-state index contributed by atoms with van der Waals surface area (Å²) in [5, 5.41) is 0. The highest BCUT2D eigenvalue weighted by Gasteiger charge is 2.27. The first-order valence-corrected chi connectivity index (χ1v) is 11.3. The van der Waals surface area contributed by atoms with E-state index in [1.165, 1.54) is 0 Å². The first-order valence-electron chi connectivity index (χ1n) is 11.3. The maximum Gasteiger partial charge on any atom is 0.223 e. The molecule has 2 aliphatic rings. The normalized spacial score (nSPS) is 20.3. The van der Waals surface area contributed by atoms with Crippen molar-refractivity contribution in [2.45, 2.75) is 25.2 Å². The first kappa shape index (κ1) is 20.0. The van der Waals surface area contributed by atoms with Crippen LogP contribution in [0.2, 0.25) is 0 Å². The van der Waals surface area contributed by atoms with Crippen molar-refractivity contribution >= 4 is 22.8 Å². The number of pyridine rings is 1. The van der Waals surface area contributed by atoms with Crippen molar-refractivity contribution in [3.05, 3.63) is 54.6 Å². The van der Waals surface area contributed by atoms with Crippen LogP contribution < -0.4 is 4.90 Å². The van der Waals surface area contributed by atoms with E-state index in [2.05, 4.69) is 14.8 Å². The highest BCUT2D eigenvalue weighted by Crippen LogP contribution is 2.29. The number of oxazole rings is 1. The van der Waals surface area contributed by atoms with E-state index in [4.69, 9.17) is 9.40 Å². The maximum absolute atomic E-state index is 12.8. The van der Waals surface area contributed by atoms with Crippen LogP contribution in [-0.4, -0.2) is 71.5 Å². The van der Waals surface area contributed by atoms with Crippen molar-refractivity contribution in [2.24, 2.45) is 0 Å². The topological polar surface area (TPSA) is 65.7 Å². The minimum Gasteiger partial charge on any atom is -0.440 e. The quantitative estimate of drug-likeness (QED) is 0.633. The largest absolute Gasteiger partial charge is 0.440 e. The molecule has 2 fully saturated rings. The van der Waals surface area contributed by atoms with Crippen LogP contribution in [-0.2, 0) is 4.79 Å². The molecule has 0 radical (unpaired) electrons. The van der Waals surface area contributed by atoms with Gasteiger partial charge in [0, 0.05) is 57.8 Å². The van der Waals surface area contributed by atoms with Crippen molar-refractivity contribution in [2.75, 3.05) is 50.7 Å². The Balaban J connectivity index is 1.11. The molecule has 3 aromatic rings. The van der Waals surface area contributed by atoms with Gasteiger partial charge in [-0.05, 0) is 43.7 Å². The lowest BCUT2D eigenvalue weighted by Gasteiger charge is -2.36. The van der Waals surface area contributed by atoms with Crippen LogP contribution in [0, 0.1) is 0 Å². The molecule has 5 rings (SSSR count). The Morgan fingerprint density at radius 3 is 2.68 bits per heavy atom. The van der Waals surface area contributed by atoms with Gasteiger partial charge in [0.2, 0.25) is 5.91 Å². The number of carbonyl (C=O) groups is 1. The van der Waals surface area contributed by atoms with Crippen LogP contribution >= 0.6 is 0 Å². The molecular weight excluding hydrogens is 390 g/mol. The fourth-order valence-corrected chi connectivity index (χ4v) is 4.66. The van der Waals surface area contributed by atoms with Crippen LogP contribution in [0.15, 0.2) is 53.1 Å². The Kier molecular flexibility index (Phi) is 5.84. The standard InChI is InChI=1S/C24H29N5O2/c30-23(29-16-14-28(15-17-29)22-9-3-4-11-25-22)10-13-27-12-5-6-19(18-27)24-26-20-7-1-2-8-21(20)31-24/h1-4,7-9,11,19H,5-6,10,12-18H2. The summed E-state index contributed by atoms with van der Waals surface area (Å²) in [4.78, 5) is 28.5. The van der Waals surface area contributed by atoms with Gasteiger partial charge in [-0.1, -0.05) is 18.2 Å². The minimum atomic E-state index is 0.254. The van der Waals surface area contributed by atoms with Crippen molar-refractivity contribution in [1.82, 2.24) is 19.8 Å². The Labute approximate surface area is 182 Å². The molecule has 4 heterocycles. The number of amides is 1. The van der Waals surface area contributed by atoms with E-state index in [1.807, 2.05) is 53.6 Å². The Morgan fingerprint density at radius 1 is 1.03 bits per heavy atom. The van der Waals surface area contributed by atoms with Crippen LogP contribution in [0.4, 0.5) is 5.82 Å². The Morgan fingerprint density at radius 2 is 1.87 bits per heavy atom. The molecule has 1 unspecified atom stereocenters. The molecule has 2 aliphatic heterocycles. The van der Waals surface area contributed by atoms with Gasteiger partial charge in [-0.3, -0.25) is 4.79 Å². The summed E-state index contributed by atoms with van der Waals surface area (Å²) in [5.74, 6) is 2.39. The summed E-state index contributed by atoms with van der Waals surface area (Å²) < 4.78 is 6.00. The number of anilines is 1. The van der Waals surface area contributed by atoms with E-state index in [-0.39, 0.29) is 5.91 Å². The lowest BCUT2D eigenvalue weighted by Crippen LogP contribution is -2.49. The second-order valence-corrected chi connectivity index (χ2v) is 8.47. The third-order valence-corrected chi connectivity index (χ3v) is 6.41. The summed E-state index contributed by atoms with van der Waals surface area (Å²) in [6.45, 7) is 5.96. The summed E-state index contributed by atoms with van der Waals surface area (Å²) >= 11 is 0. The molecule has 0 aliphatic carbocycles. The summed E-state index contributed by atoms with van der Waals surface area (Å²) in [6, 6.07) is 13.9. The molecule has 2 aromatic heterocycles. The second-order valence-electron chi connectivity index (χ2n) is 8.47. The number of likely N-dealkylation sites (tertiary alicyclic amines) is 1. The average molecular weight is 420 g/mol. The second kappa shape index (κ2) is 9.06. The number of rotatable bonds is 5. The van der Waals surface area contributed by atoms with Crippen LogP contribution in [0.5, 0.6) is 0 Å². The third-order valence-electron chi connectivity index (χ3n) is 6.41. The van der Waals surface area contributed by atoms with Crippen LogP contribution in [0.1, 0.15) is 31.1 Å². The fourth-order valence-electron chi connectivity index (χ4n) is 4.66. The van der Waals surface area contributed by atoms with E-state index in [1.54, 1.807) is 0 Å².